The van der Waals surface area contributed by atoms with Gasteiger partial charge in [-0.05, 0) is 36.4 Å². The van der Waals surface area contributed by atoms with Crippen LogP contribution in [-0.4, -0.2) is 152 Å². The number of carbonyl (C=O) groups excluding carboxylic acids is 1. The van der Waals surface area contributed by atoms with Crippen LogP contribution < -0.4 is 22.1 Å². The maximum absolute atomic E-state index is 11.9. The van der Waals surface area contributed by atoms with E-state index in [0.29, 0.717) is 5.69 Å². The fourth-order valence-electron chi connectivity index (χ4n) is 4.62. The molecule has 0 bridgehead atoms. The summed E-state index contributed by atoms with van der Waals surface area (Å²) in [6, 6.07) is 6.47. The van der Waals surface area contributed by atoms with E-state index in [1.165, 1.54) is 41.7 Å². The fraction of sp³-hybridized carbons (Fsp3) is 0.562. The quantitative estimate of drug-likeness (QED) is 0.0728. The number of carboxylic acids is 1. The van der Waals surface area contributed by atoms with Crippen LogP contribution in [0.15, 0.2) is 36.4 Å². The molecule has 2 aromatic rings. The van der Waals surface area contributed by atoms with Crippen LogP contribution in [0.25, 0.3) is 0 Å². The van der Waals surface area contributed by atoms with Gasteiger partial charge in [0.25, 0.3) is 0 Å². The number of aliphatic hydroxyl groups is 7. The number of aliphatic hydroxyl groups excluding tert-OH is 7. The minimum atomic E-state index is -1.33. The van der Waals surface area contributed by atoms with Crippen LogP contribution in [-0.2, 0) is 14.2 Å². The first-order chi connectivity index (χ1) is 24.1. The lowest BCUT2D eigenvalue weighted by Gasteiger charge is -2.38. The zero-order chi connectivity index (χ0) is 39.6. The van der Waals surface area contributed by atoms with Gasteiger partial charge in [0.2, 0.25) is 12.6 Å². The average Bonchev–Trinajstić information content (AvgIpc) is 3.12. The number of ether oxygens (including phenoxy) is 3. The Labute approximate surface area is 295 Å². The number of quaternary nitrogens is 2. The van der Waals surface area contributed by atoms with E-state index in [1.54, 1.807) is 19.4 Å². The largest absolute Gasteiger partial charge is 0.507 e. The normalized spacial score (nSPS) is 28.0. The van der Waals surface area contributed by atoms with Gasteiger partial charge >= 0.3 is 11.9 Å². The minimum absolute atomic E-state index is 0.129. The number of rotatable bonds is 7. The maximum atomic E-state index is 11.9. The van der Waals surface area contributed by atoms with Crippen LogP contribution >= 0.6 is 0 Å². The summed E-state index contributed by atoms with van der Waals surface area (Å²) < 4.78 is 15.0. The molecule has 2 aliphatic rings. The molecule has 19 heteroatoms. The lowest BCUT2D eigenvalue weighted by atomic mass is 9.97. The van der Waals surface area contributed by atoms with Crippen molar-refractivity contribution in [3.8, 4) is 11.5 Å². The Bertz CT molecular complexity index is 1320. The summed E-state index contributed by atoms with van der Waals surface area (Å²) in [6.45, 7) is 7.17. The number of esters is 1. The van der Waals surface area contributed by atoms with Crippen molar-refractivity contribution in [1.82, 2.24) is 0 Å². The van der Waals surface area contributed by atoms with E-state index >= 15 is 0 Å². The molecule has 2 heterocycles. The van der Waals surface area contributed by atoms with Gasteiger partial charge in [0, 0.05) is 11.4 Å². The molecule has 292 valence electrons. The van der Waals surface area contributed by atoms with Gasteiger partial charge in [-0.15, -0.1) is 0 Å². The predicted octanol–water partition coefficient (Wildman–Crippen LogP) is -4.16. The third-order valence-corrected chi connectivity index (χ3v) is 7.36. The van der Waals surface area contributed by atoms with E-state index in [9.17, 15) is 45.3 Å². The summed E-state index contributed by atoms with van der Waals surface area (Å²) in [5, 5.41) is 96.7. The molecule has 4 unspecified atom stereocenters. The number of phenolic OH excluding ortho intramolecular Hbond substituents is 1. The van der Waals surface area contributed by atoms with Crippen LogP contribution in [0.4, 0.5) is 11.4 Å². The van der Waals surface area contributed by atoms with Crippen molar-refractivity contribution >= 4 is 23.3 Å². The summed E-state index contributed by atoms with van der Waals surface area (Å²) >= 11 is 0. The smallest absolute Gasteiger partial charge is 0.342 e. The highest BCUT2D eigenvalue weighted by atomic mass is 16.6. The number of hydrogen-bond donors (Lipinski definition) is 14. The summed E-state index contributed by atoms with van der Waals surface area (Å²) in [5.41, 5.74) is 11.1. The van der Waals surface area contributed by atoms with Crippen LogP contribution in [0.3, 0.4) is 0 Å². The van der Waals surface area contributed by atoms with E-state index in [-0.39, 0.29) is 28.3 Å². The summed E-state index contributed by atoms with van der Waals surface area (Å²) in [4.78, 5) is 22.3. The lowest BCUT2D eigenvalue weighted by Crippen LogP contribution is -2.94. The van der Waals surface area contributed by atoms with Crippen molar-refractivity contribution in [2.45, 2.75) is 89.0 Å². The van der Waals surface area contributed by atoms with E-state index in [1.807, 2.05) is 27.7 Å². The molecule has 2 fully saturated rings. The molecular weight excluding hydrogens is 680 g/mol. The molecule has 4 rings (SSSR count). The van der Waals surface area contributed by atoms with E-state index < -0.39 is 86.4 Å². The molecule has 0 saturated carbocycles. The first-order valence-corrected chi connectivity index (χ1v) is 16.2. The second kappa shape index (κ2) is 23.6. The van der Waals surface area contributed by atoms with E-state index in [2.05, 4.69) is 0 Å². The number of carbonyl (C=O) groups is 2. The van der Waals surface area contributed by atoms with Gasteiger partial charge < -0.3 is 87.4 Å². The first kappa shape index (κ1) is 47.1. The highest BCUT2D eigenvalue weighted by Gasteiger charge is 2.46. The molecule has 51 heavy (non-hydrogen) atoms. The minimum Gasteiger partial charge on any atom is -0.507 e. The molecule has 2 aromatic carbocycles. The van der Waals surface area contributed by atoms with Gasteiger partial charge in [0.05, 0.1) is 20.7 Å². The summed E-state index contributed by atoms with van der Waals surface area (Å²) in [5.74, 6) is -2.62. The second-order valence-electron chi connectivity index (χ2n) is 10.6. The highest BCUT2D eigenvalue weighted by Crippen LogP contribution is 2.23. The fourth-order valence-corrected chi connectivity index (χ4v) is 4.62. The van der Waals surface area contributed by atoms with Crippen molar-refractivity contribution in [3.63, 3.8) is 0 Å². The van der Waals surface area contributed by atoms with Gasteiger partial charge in [0.15, 0.2) is 12.1 Å². The maximum Gasteiger partial charge on any atom is 0.342 e. The highest BCUT2D eigenvalue weighted by molar-refractivity contribution is 5.93. The van der Waals surface area contributed by atoms with E-state index in [0.717, 1.165) is 0 Å². The number of hydrogen-bond acceptors (Lipinski definition) is 16. The lowest BCUT2D eigenvalue weighted by molar-refractivity contribution is -0.694. The van der Waals surface area contributed by atoms with Crippen LogP contribution in [0, 0.1) is 0 Å². The molecule has 10 atom stereocenters. The third-order valence-electron chi connectivity index (χ3n) is 7.36. The number of nitrogens with two attached hydrogens (primary N) is 4. The van der Waals surface area contributed by atoms with Crippen LogP contribution in [0.5, 0.6) is 11.5 Å². The van der Waals surface area contributed by atoms with Gasteiger partial charge in [-0.1, -0.05) is 27.7 Å². The number of carboxylic acid groups (broad SMARTS) is 1. The molecule has 0 aromatic heterocycles. The molecule has 0 radical (unpaired) electrons. The zero-order valence-corrected chi connectivity index (χ0v) is 29.5. The first-order valence-electron chi connectivity index (χ1n) is 16.2. The Hall–Kier alpha value is -3.86. The number of likely N-dealkylation sites (N-methyl/N-ethyl adjacent to an activating group) is 2. The number of aromatic carboxylic acids is 1. The number of anilines is 2. The third kappa shape index (κ3) is 13.7. The van der Waals surface area contributed by atoms with Gasteiger partial charge in [-0.2, -0.15) is 0 Å². The molecule has 0 aliphatic carbocycles. The SMILES string of the molecule is CC.CC.C[NH2+]C1[C@H](O)OC(CO)[C@@H](O)[C@H]1O.C[NH2+]C1[C@H](O)OC(COC(=O)c2cc(N)ccc2O)[C@@H](O)[C@H]1O.Nc1ccc(O)c(C(=O)O)c1. The Morgan fingerprint density at radius 3 is 1.49 bits per heavy atom. The Kier molecular flexibility index (Phi) is 21.8. The summed E-state index contributed by atoms with van der Waals surface area (Å²) in [7, 11) is 3.28. The Balaban J connectivity index is 0.000000758. The predicted molar refractivity (Wildman–Crippen MR) is 181 cm³/mol. The number of benzene rings is 2. The van der Waals surface area contributed by atoms with Crippen molar-refractivity contribution in [2.24, 2.45) is 0 Å². The average molecular weight is 737 g/mol. The van der Waals surface area contributed by atoms with Crippen LogP contribution in [0.2, 0.25) is 0 Å². The second-order valence-corrected chi connectivity index (χ2v) is 10.6. The molecule has 0 amide bonds. The molecule has 2 aliphatic heterocycles. The van der Waals surface area contributed by atoms with E-state index in [4.69, 9.17) is 41.0 Å². The summed E-state index contributed by atoms with van der Waals surface area (Å²) in [6.07, 6.45) is -9.32. The van der Waals surface area contributed by atoms with Crippen molar-refractivity contribution < 1.29 is 85.5 Å². The molecule has 18 N–H and O–H groups in total. The Morgan fingerprint density at radius 2 is 1.10 bits per heavy atom. The van der Waals surface area contributed by atoms with Crippen molar-refractivity contribution in [1.29, 1.82) is 0 Å². The Morgan fingerprint density at radius 1 is 0.706 bits per heavy atom. The molecule has 19 nitrogen and oxygen atoms in total. The number of aromatic hydroxyl groups is 2. The van der Waals surface area contributed by atoms with Crippen molar-refractivity contribution in [2.75, 3.05) is 38.8 Å². The van der Waals surface area contributed by atoms with Gasteiger partial charge in [-0.3, -0.25) is 0 Å². The monoisotopic (exact) mass is 736 g/mol. The molecular formula is C32H56N4O15+2. The topological polar surface area (TPSA) is 349 Å². The van der Waals surface area contributed by atoms with Gasteiger partial charge in [0.1, 0.15) is 65.9 Å². The number of nitrogen functional groups attached to an aromatic ring is 2. The van der Waals surface area contributed by atoms with Gasteiger partial charge in [-0.25, -0.2) is 9.59 Å². The zero-order valence-electron chi connectivity index (χ0n) is 29.5. The number of phenols is 2. The molecule has 0 spiro atoms. The molecule has 2 saturated heterocycles. The van der Waals surface area contributed by atoms with Crippen LogP contribution in [0.1, 0.15) is 48.4 Å². The van der Waals surface area contributed by atoms with Crippen molar-refractivity contribution in [3.05, 3.63) is 47.5 Å². The standard InChI is InChI=1S/C14H20N2O7.C7H15NO5.C7H7NO3.2C2H6/c1-16-10-12(19)11(18)9(23-14(10)21)5-22-13(20)7-4-6(15)2-3-8(7)17;1-8-4-6(11)5(10)3(2-9)13-7(4)12;8-4-1-2-6(9)5(3-4)7(10)11;2*1-2/h2-4,9-12,14,16-19,21H,5,15H2,1H3;3-12H,2H2,1H3;1-3,9H,8H2,(H,10,11);2*1-2H3/p+2/t9?,10?,11-,12+,14-;3?,4?,5-,6+,7-;;;/m11.../s1.